The van der Waals surface area contributed by atoms with Crippen molar-refractivity contribution in [2.45, 2.75) is 0 Å². The first-order valence-corrected chi connectivity index (χ1v) is 6.15. The standard InChI is InChI=1S/C13H14N4O2S/c1-18-8-3-4-11(19-2)9(5-8)17-12-7-15-10(6-16-12)13(14)20/h3-7H,1-2H3,(H2,14,20)(H,16,17). The third-order valence-corrected chi connectivity index (χ3v) is 2.78. The zero-order chi connectivity index (χ0) is 14.5. The smallest absolute Gasteiger partial charge is 0.149 e. The maximum Gasteiger partial charge on any atom is 0.149 e. The molecule has 0 radical (unpaired) electrons. The molecule has 7 heteroatoms. The second-order valence-corrected chi connectivity index (χ2v) is 4.28. The molecular weight excluding hydrogens is 276 g/mol. The fraction of sp³-hybridized carbons (Fsp3) is 0.154. The minimum absolute atomic E-state index is 0.211. The third kappa shape index (κ3) is 3.12. The van der Waals surface area contributed by atoms with Crippen LogP contribution in [0, 0.1) is 0 Å². The number of hydrogen-bond donors (Lipinski definition) is 2. The molecular formula is C13H14N4O2S. The van der Waals surface area contributed by atoms with Crippen molar-refractivity contribution in [3.63, 3.8) is 0 Å². The van der Waals surface area contributed by atoms with Gasteiger partial charge in [-0.15, -0.1) is 0 Å². The monoisotopic (exact) mass is 290 g/mol. The fourth-order valence-electron chi connectivity index (χ4n) is 1.57. The van der Waals surface area contributed by atoms with E-state index in [1.165, 1.54) is 6.20 Å². The molecule has 1 aromatic heterocycles. The van der Waals surface area contributed by atoms with Crippen molar-refractivity contribution in [2.75, 3.05) is 19.5 Å². The Labute approximate surface area is 121 Å². The first-order valence-electron chi connectivity index (χ1n) is 5.75. The lowest BCUT2D eigenvalue weighted by atomic mass is 10.2. The number of thiocarbonyl (C=S) groups is 1. The van der Waals surface area contributed by atoms with Crippen LogP contribution < -0.4 is 20.5 Å². The van der Waals surface area contributed by atoms with Crippen LogP contribution in [0.2, 0.25) is 0 Å². The average Bonchev–Trinajstić information content (AvgIpc) is 2.47. The molecule has 0 aliphatic heterocycles. The minimum Gasteiger partial charge on any atom is -0.497 e. The predicted molar refractivity (Wildman–Crippen MR) is 80.7 cm³/mol. The molecule has 6 nitrogen and oxygen atoms in total. The second-order valence-electron chi connectivity index (χ2n) is 3.84. The number of hydrogen-bond acceptors (Lipinski definition) is 6. The maximum atomic E-state index is 5.47. The van der Waals surface area contributed by atoms with Crippen molar-refractivity contribution in [3.8, 4) is 11.5 Å². The van der Waals surface area contributed by atoms with Gasteiger partial charge in [0.25, 0.3) is 0 Å². The van der Waals surface area contributed by atoms with Crippen molar-refractivity contribution in [2.24, 2.45) is 5.73 Å². The molecule has 0 aliphatic carbocycles. The van der Waals surface area contributed by atoms with Gasteiger partial charge >= 0.3 is 0 Å². The van der Waals surface area contributed by atoms with E-state index in [0.717, 1.165) is 5.69 Å². The lowest BCUT2D eigenvalue weighted by Crippen LogP contribution is -2.12. The number of benzene rings is 1. The molecule has 0 atom stereocenters. The molecule has 0 spiro atoms. The van der Waals surface area contributed by atoms with Crippen LogP contribution in [0.5, 0.6) is 11.5 Å². The van der Waals surface area contributed by atoms with E-state index in [1.807, 2.05) is 12.1 Å². The number of ether oxygens (including phenoxy) is 2. The van der Waals surface area contributed by atoms with Crippen LogP contribution in [0.3, 0.4) is 0 Å². The Morgan fingerprint density at radius 3 is 2.55 bits per heavy atom. The number of anilines is 2. The highest BCUT2D eigenvalue weighted by Crippen LogP contribution is 2.30. The molecule has 0 fully saturated rings. The molecule has 0 bridgehead atoms. The lowest BCUT2D eigenvalue weighted by molar-refractivity contribution is 0.405. The zero-order valence-corrected chi connectivity index (χ0v) is 11.9. The van der Waals surface area contributed by atoms with Crippen LogP contribution in [-0.4, -0.2) is 29.2 Å². The molecule has 104 valence electrons. The van der Waals surface area contributed by atoms with E-state index in [-0.39, 0.29) is 4.99 Å². The lowest BCUT2D eigenvalue weighted by Gasteiger charge is -2.12. The molecule has 0 amide bonds. The largest absolute Gasteiger partial charge is 0.497 e. The summed E-state index contributed by atoms with van der Waals surface area (Å²) < 4.78 is 10.4. The highest BCUT2D eigenvalue weighted by Gasteiger charge is 2.07. The van der Waals surface area contributed by atoms with Gasteiger partial charge in [0.05, 0.1) is 32.3 Å². The van der Waals surface area contributed by atoms with Gasteiger partial charge in [0.2, 0.25) is 0 Å². The molecule has 0 aliphatic rings. The topological polar surface area (TPSA) is 82.3 Å². The number of nitrogens with one attached hydrogen (secondary N) is 1. The van der Waals surface area contributed by atoms with Gasteiger partial charge in [-0.25, -0.2) is 9.97 Å². The van der Waals surface area contributed by atoms with Gasteiger partial charge in [0, 0.05) is 6.07 Å². The molecule has 3 N–H and O–H groups in total. The maximum absolute atomic E-state index is 5.47. The molecule has 2 aromatic rings. The summed E-state index contributed by atoms with van der Waals surface area (Å²) in [6.45, 7) is 0. The third-order valence-electron chi connectivity index (χ3n) is 2.57. The summed E-state index contributed by atoms with van der Waals surface area (Å²) in [6, 6.07) is 5.42. The summed E-state index contributed by atoms with van der Waals surface area (Å²) in [6.07, 6.45) is 3.06. The highest BCUT2D eigenvalue weighted by molar-refractivity contribution is 7.80. The molecule has 0 saturated heterocycles. The summed E-state index contributed by atoms with van der Waals surface area (Å²) in [5, 5.41) is 3.10. The Hall–Kier alpha value is -2.41. The Morgan fingerprint density at radius 2 is 2.00 bits per heavy atom. The summed E-state index contributed by atoms with van der Waals surface area (Å²) in [4.78, 5) is 8.51. The van der Waals surface area contributed by atoms with E-state index in [1.54, 1.807) is 26.5 Å². The Bertz CT molecular complexity index is 616. The Kier molecular flexibility index (Phi) is 4.31. The summed E-state index contributed by atoms with van der Waals surface area (Å²) in [5.74, 6) is 1.93. The quantitative estimate of drug-likeness (QED) is 0.813. The summed E-state index contributed by atoms with van der Waals surface area (Å²) in [5.41, 5.74) is 6.67. The normalized spacial score (nSPS) is 9.90. The number of rotatable bonds is 5. The van der Waals surface area contributed by atoms with Crippen LogP contribution in [0.15, 0.2) is 30.6 Å². The van der Waals surface area contributed by atoms with Crippen LogP contribution >= 0.6 is 12.2 Å². The van der Waals surface area contributed by atoms with Gasteiger partial charge in [-0.3, -0.25) is 0 Å². The average molecular weight is 290 g/mol. The number of nitrogens with zero attached hydrogens (tertiary/aromatic N) is 2. The summed E-state index contributed by atoms with van der Waals surface area (Å²) >= 11 is 4.83. The molecule has 1 aromatic carbocycles. The van der Waals surface area contributed by atoms with Crippen molar-refractivity contribution in [1.29, 1.82) is 0 Å². The van der Waals surface area contributed by atoms with E-state index in [2.05, 4.69) is 15.3 Å². The van der Waals surface area contributed by atoms with E-state index in [0.29, 0.717) is 23.0 Å². The van der Waals surface area contributed by atoms with Gasteiger partial charge in [-0.2, -0.15) is 0 Å². The highest BCUT2D eigenvalue weighted by atomic mass is 32.1. The fourth-order valence-corrected chi connectivity index (χ4v) is 1.67. The molecule has 0 unspecified atom stereocenters. The van der Waals surface area contributed by atoms with Gasteiger partial charge in [0.1, 0.15) is 28.0 Å². The van der Waals surface area contributed by atoms with Crippen molar-refractivity contribution >= 4 is 28.7 Å². The van der Waals surface area contributed by atoms with Crippen LogP contribution in [-0.2, 0) is 0 Å². The first kappa shape index (κ1) is 14.0. The van der Waals surface area contributed by atoms with E-state index in [4.69, 9.17) is 27.4 Å². The first-order chi connectivity index (χ1) is 9.63. The van der Waals surface area contributed by atoms with Crippen molar-refractivity contribution in [1.82, 2.24) is 9.97 Å². The van der Waals surface area contributed by atoms with Crippen LogP contribution in [0.1, 0.15) is 5.69 Å². The van der Waals surface area contributed by atoms with Crippen molar-refractivity contribution in [3.05, 3.63) is 36.3 Å². The molecule has 2 rings (SSSR count). The van der Waals surface area contributed by atoms with Gasteiger partial charge in [-0.05, 0) is 12.1 Å². The second kappa shape index (κ2) is 6.16. The van der Waals surface area contributed by atoms with E-state index < -0.39 is 0 Å². The SMILES string of the molecule is COc1ccc(OC)c(Nc2cnc(C(N)=S)cn2)c1. The van der Waals surface area contributed by atoms with Gasteiger partial charge in [-0.1, -0.05) is 12.2 Å². The Balaban J connectivity index is 2.26. The molecule has 0 saturated carbocycles. The van der Waals surface area contributed by atoms with Crippen LogP contribution in [0.25, 0.3) is 0 Å². The summed E-state index contributed by atoms with van der Waals surface area (Å²) in [7, 11) is 3.19. The number of aromatic nitrogens is 2. The Morgan fingerprint density at radius 1 is 1.20 bits per heavy atom. The number of nitrogens with two attached hydrogens (primary N) is 1. The molecule has 1 heterocycles. The minimum atomic E-state index is 0.211. The molecule has 20 heavy (non-hydrogen) atoms. The van der Waals surface area contributed by atoms with Crippen LogP contribution in [0.4, 0.5) is 11.5 Å². The zero-order valence-electron chi connectivity index (χ0n) is 11.1. The van der Waals surface area contributed by atoms with E-state index >= 15 is 0 Å². The van der Waals surface area contributed by atoms with Gasteiger partial charge in [0.15, 0.2) is 0 Å². The number of methoxy groups -OCH3 is 2. The van der Waals surface area contributed by atoms with E-state index in [9.17, 15) is 0 Å². The van der Waals surface area contributed by atoms with Gasteiger partial charge < -0.3 is 20.5 Å². The van der Waals surface area contributed by atoms with Crippen molar-refractivity contribution < 1.29 is 9.47 Å². The predicted octanol–water partition coefficient (Wildman–Crippen LogP) is 1.87.